The number of esters is 1. The van der Waals surface area contributed by atoms with Crippen molar-refractivity contribution in [3.8, 4) is 0 Å². The van der Waals surface area contributed by atoms with E-state index < -0.39 is 12.0 Å². The van der Waals surface area contributed by atoms with Gasteiger partial charge >= 0.3 is 12.0 Å². The van der Waals surface area contributed by atoms with E-state index in [0.29, 0.717) is 24.4 Å². The van der Waals surface area contributed by atoms with Crippen molar-refractivity contribution in [1.82, 2.24) is 15.1 Å². The molecule has 0 aromatic heterocycles. The van der Waals surface area contributed by atoms with E-state index in [1.54, 1.807) is 14.0 Å². The normalized spacial score (nSPS) is 16.6. The second-order valence-electron chi connectivity index (χ2n) is 7.59. The number of carbonyl (C=O) groups is 2. The third kappa shape index (κ3) is 4.89. The van der Waals surface area contributed by atoms with E-state index in [-0.39, 0.29) is 12.6 Å². The average Bonchev–Trinajstić information content (AvgIpc) is 2.72. The van der Waals surface area contributed by atoms with Gasteiger partial charge in [-0.2, -0.15) is 0 Å². The molecule has 0 fully saturated rings. The highest BCUT2D eigenvalue weighted by atomic mass is 16.5. The lowest BCUT2D eigenvalue weighted by Crippen LogP contribution is -2.49. The molecule has 1 aliphatic rings. The summed E-state index contributed by atoms with van der Waals surface area (Å²) in [5, 5.41) is 2.96. The van der Waals surface area contributed by atoms with Crippen LogP contribution < -0.4 is 5.32 Å². The number of aryl methyl sites for hydroxylation is 1. The van der Waals surface area contributed by atoms with Crippen LogP contribution in [0.4, 0.5) is 4.79 Å². The summed E-state index contributed by atoms with van der Waals surface area (Å²) in [5.41, 5.74) is 4.22. The van der Waals surface area contributed by atoms with E-state index in [1.165, 1.54) is 4.90 Å². The summed E-state index contributed by atoms with van der Waals surface area (Å²) >= 11 is 0. The lowest BCUT2D eigenvalue weighted by molar-refractivity contribution is -0.139. The van der Waals surface area contributed by atoms with E-state index >= 15 is 0 Å². The van der Waals surface area contributed by atoms with Gasteiger partial charge in [0.1, 0.15) is 0 Å². The standard InChI is InChI=1S/C24H29N3O3/c1-5-30-23(28)21-20(16-26(3)15-18-11-7-6-8-12-18)27(4)24(29)25-22(21)19-13-9-10-17(2)14-19/h6-14,22H,5,15-16H2,1-4H3,(H,25,29). The first kappa shape index (κ1) is 21.6. The number of nitrogens with one attached hydrogen (secondary N) is 1. The van der Waals surface area contributed by atoms with Crippen molar-refractivity contribution in [2.24, 2.45) is 0 Å². The molecule has 30 heavy (non-hydrogen) atoms. The molecule has 6 nitrogen and oxygen atoms in total. The van der Waals surface area contributed by atoms with Gasteiger partial charge in [-0.15, -0.1) is 0 Å². The fourth-order valence-electron chi connectivity index (χ4n) is 3.70. The summed E-state index contributed by atoms with van der Waals surface area (Å²) in [4.78, 5) is 29.3. The van der Waals surface area contributed by atoms with E-state index in [2.05, 4.69) is 22.3 Å². The summed E-state index contributed by atoms with van der Waals surface area (Å²) in [6.07, 6.45) is 0. The maximum Gasteiger partial charge on any atom is 0.338 e. The lowest BCUT2D eigenvalue weighted by atomic mass is 9.93. The van der Waals surface area contributed by atoms with Crippen LogP contribution in [-0.4, -0.2) is 49.0 Å². The largest absolute Gasteiger partial charge is 0.463 e. The van der Waals surface area contributed by atoms with Crippen LogP contribution in [0.2, 0.25) is 0 Å². The number of ether oxygens (including phenoxy) is 1. The fraction of sp³-hybridized carbons (Fsp3) is 0.333. The Morgan fingerprint density at radius 2 is 1.87 bits per heavy atom. The number of likely N-dealkylation sites (N-methyl/N-ethyl adjacent to an activating group) is 2. The average molecular weight is 408 g/mol. The zero-order chi connectivity index (χ0) is 21.7. The van der Waals surface area contributed by atoms with Gasteiger partial charge in [0, 0.05) is 25.8 Å². The van der Waals surface area contributed by atoms with Gasteiger partial charge in [-0.05, 0) is 32.0 Å². The minimum absolute atomic E-state index is 0.238. The molecule has 0 spiro atoms. The van der Waals surface area contributed by atoms with E-state index in [4.69, 9.17) is 4.74 Å². The molecule has 0 bridgehead atoms. The van der Waals surface area contributed by atoms with Crippen molar-refractivity contribution in [3.63, 3.8) is 0 Å². The molecule has 2 amide bonds. The second-order valence-corrected chi connectivity index (χ2v) is 7.59. The number of amides is 2. The highest BCUT2D eigenvalue weighted by molar-refractivity contribution is 5.95. The van der Waals surface area contributed by atoms with Crippen molar-refractivity contribution in [2.75, 3.05) is 27.2 Å². The fourth-order valence-corrected chi connectivity index (χ4v) is 3.70. The van der Waals surface area contributed by atoms with Crippen molar-refractivity contribution < 1.29 is 14.3 Å². The Balaban J connectivity index is 2.00. The number of hydrogen-bond donors (Lipinski definition) is 1. The Hall–Kier alpha value is -3.12. The Morgan fingerprint density at radius 3 is 2.53 bits per heavy atom. The maximum absolute atomic E-state index is 13.0. The molecule has 2 aromatic carbocycles. The summed E-state index contributed by atoms with van der Waals surface area (Å²) in [5.74, 6) is -0.404. The van der Waals surface area contributed by atoms with E-state index in [9.17, 15) is 9.59 Å². The third-order valence-corrected chi connectivity index (χ3v) is 5.16. The molecule has 1 atom stereocenters. The van der Waals surface area contributed by atoms with Gasteiger partial charge in [0.05, 0.1) is 18.2 Å². The number of nitrogens with zero attached hydrogens (tertiary/aromatic N) is 2. The van der Waals surface area contributed by atoms with E-state index in [0.717, 1.165) is 16.7 Å². The summed E-state index contributed by atoms with van der Waals surface area (Å²) in [6, 6.07) is 17.1. The zero-order valence-corrected chi connectivity index (χ0v) is 18.0. The summed E-state index contributed by atoms with van der Waals surface area (Å²) in [6.45, 7) is 5.18. The van der Waals surface area contributed by atoms with Gasteiger partial charge in [-0.3, -0.25) is 9.80 Å². The minimum atomic E-state index is -0.548. The summed E-state index contributed by atoms with van der Waals surface area (Å²) in [7, 11) is 3.66. The van der Waals surface area contributed by atoms with Gasteiger partial charge in [-0.25, -0.2) is 9.59 Å². The molecule has 1 unspecified atom stereocenters. The number of rotatable bonds is 7. The number of urea groups is 1. The Kier molecular flexibility index (Phi) is 6.90. The van der Waals surface area contributed by atoms with Crippen LogP contribution in [-0.2, 0) is 16.1 Å². The molecule has 6 heteroatoms. The maximum atomic E-state index is 13.0. The third-order valence-electron chi connectivity index (χ3n) is 5.16. The van der Waals surface area contributed by atoms with Crippen LogP contribution in [0.1, 0.15) is 29.7 Å². The quantitative estimate of drug-likeness (QED) is 0.712. The predicted octanol–water partition coefficient (Wildman–Crippen LogP) is 3.64. The molecular formula is C24H29N3O3. The number of hydrogen-bond acceptors (Lipinski definition) is 4. The molecule has 0 saturated carbocycles. The van der Waals surface area contributed by atoms with Crippen molar-refractivity contribution in [3.05, 3.63) is 82.6 Å². The first-order valence-electron chi connectivity index (χ1n) is 10.1. The monoisotopic (exact) mass is 407 g/mol. The zero-order valence-electron chi connectivity index (χ0n) is 18.0. The van der Waals surface area contributed by atoms with Crippen LogP contribution in [0.5, 0.6) is 0 Å². The Bertz CT molecular complexity index is 940. The first-order valence-corrected chi connectivity index (χ1v) is 10.1. The molecule has 0 radical (unpaired) electrons. The van der Waals surface area contributed by atoms with Crippen LogP contribution in [0.15, 0.2) is 65.9 Å². The van der Waals surface area contributed by atoms with Crippen molar-refractivity contribution >= 4 is 12.0 Å². The van der Waals surface area contributed by atoms with Crippen LogP contribution in [0, 0.1) is 6.92 Å². The molecule has 1 aliphatic heterocycles. The SMILES string of the molecule is CCOC(=O)C1=C(CN(C)Cc2ccccc2)N(C)C(=O)NC1c1cccc(C)c1. The molecule has 0 saturated heterocycles. The van der Waals surface area contributed by atoms with Gasteiger partial charge in [-0.1, -0.05) is 60.2 Å². The summed E-state index contributed by atoms with van der Waals surface area (Å²) < 4.78 is 5.38. The molecule has 1 N–H and O–H groups in total. The van der Waals surface area contributed by atoms with Gasteiger partial charge in [0.25, 0.3) is 0 Å². The lowest BCUT2D eigenvalue weighted by Gasteiger charge is -2.36. The van der Waals surface area contributed by atoms with Crippen LogP contribution in [0.3, 0.4) is 0 Å². The van der Waals surface area contributed by atoms with Gasteiger partial charge in [0.2, 0.25) is 0 Å². The smallest absolute Gasteiger partial charge is 0.338 e. The molecule has 2 aromatic rings. The van der Waals surface area contributed by atoms with Crippen LogP contribution in [0.25, 0.3) is 0 Å². The van der Waals surface area contributed by atoms with Crippen LogP contribution >= 0.6 is 0 Å². The minimum Gasteiger partial charge on any atom is -0.463 e. The highest BCUT2D eigenvalue weighted by Crippen LogP contribution is 2.31. The van der Waals surface area contributed by atoms with Crippen molar-refractivity contribution in [1.29, 1.82) is 0 Å². The molecule has 3 rings (SSSR count). The second kappa shape index (κ2) is 9.59. The highest BCUT2D eigenvalue weighted by Gasteiger charge is 2.37. The van der Waals surface area contributed by atoms with Crippen molar-refractivity contribution in [2.45, 2.75) is 26.4 Å². The number of carbonyl (C=O) groups excluding carboxylic acids is 2. The molecule has 0 aliphatic carbocycles. The van der Waals surface area contributed by atoms with E-state index in [1.807, 2.05) is 56.4 Å². The Labute approximate surface area is 178 Å². The topological polar surface area (TPSA) is 61.9 Å². The van der Waals surface area contributed by atoms with Gasteiger partial charge in [0.15, 0.2) is 0 Å². The number of benzene rings is 2. The first-order chi connectivity index (χ1) is 14.4. The molecule has 1 heterocycles. The Morgan fingerprint density at radius 1 is 1.13 bits per heavy atom. The molecular weight excluding hydrogens is 378 g/mol. The predicted molar refractivity (Wildman–Crippen MR) is 117 cm³/mol. The van der Waals surface area contributed by atoms with Gasteiger partial charge < -0.3 is 10.1 Å². The molecule has 158 valence electrons.